The van der Waals surface area contributed by atoms with Gasteiger partial charge in [0.25, 0.3) is 5.91 Å². The molecule has 0 aliphatic heterocycles. The molecule has 0 fully saturated rings. The summed E-state index contributed by atoms with van der Waals surface area (Å²) in [4.78, 5) is 11.9. The van der Waals surface area contributed by atoms with Crippen molar-refractivity contribution in [3.05, 3.63) is 65.2 Å². The van der Waals surface area contributed by atoms with Gasteiger partial charge in [0.1, 0.15) is 5.75 Å². The summed E-state index contributed by atoms with van der Waals surface area (Å²) in [5.74, 6) is 0.676. The molecule has 0 spiro atoms. The molecule has 25 heavy (non-hydrogen) atoms. The van der Waals surface area contributed by atoms with Gasteiger partial charge in [0.2, 0.25) is 5.89 Å². The zero-order chi connectivity index (χ0) is 17.6. The molecule has 0 aliphatic rings. The third-order valence-corrected chi connectivity index (χ3v) is 3.54. The van der Waals surface area contributed by atoms with Gasteiger partial charge in [-0.1, -0.05) is 28.8 Å². The first-order valence-corrected chi connectivity index (χ1v) is 7.74. The standard InChI is InChI=1S/C18H14ClN3O3/c1-24-15-9-2-12(3-10-15)4-11-16(23)20-18-22-21-17(25-18)13-5-7-14(19)8-6-13/h2-11H,1H3,(H,20,22,23)/b11-4+. The summed E-state index contributed by atoms with van der Waals surface area (Å²) >= 11 is 5.84. The fourth-order valence-corrected chi connectivity index (χ4v) is 2.14. The molecule has 0 aliphatic carbocycles. The first-order chi connectivity index (χ1) is 12.1. The van der Waals surface area contributed by atoms with Crippen LogP contribution in [0, 0.1) is 0 Å². The molecule has 6 nitrogen and oxygen atoms in total. The third kappa shape index (κ3) is 4.45. The van der Waals surface area contributed by atoms with Crippen LogP contribution in [0.4, 0.5) is 6.01 Å². The molecule has 0 atom stereocenters. The zero-order valence-electron chi connectivity index (χ0n) is 13.3. The van der Waals surface area contributed by atoms with Gasteiger partial charge in [-0.05, 0) is 48.0 Å². The van der Waals surface area contributed by atoms with E-state index in [4.69, 9.17) is 20.8 Å². The largest absolute Gasteiger partial charge is 0.497 e. The Balaban J connectivity index is 1.63. The number of carbonyl (C=O) groups is 1. The van der Waals surface area contributed by atoms with Gasteiger partial charge in [0.15, 0.2) is 0 Å². The summed E-state index contributed by atoms with van der Waals surface area (Å²) in [5, 5.41) is 10.8. The van der Waals surface area contributed by atoms with E-state index in [1.165, 1.54) is 6.08 Å². The van der Waals surface area contributed by atoms with Crippen molar-refractivity contribution in [2.45, 2.75) is 0 Å². The fraction of sp³-hybridized carbons (Fsp3) is 0.0556. The molecule has 0 radical (unpaired) electrons. The Hall–Kier alpha value is -3.12. The van der Waals surface area contributed by atoms with Gasteiger partial charge in [-0.15, -0.1) is 5.10 Å². The number of hydrogen-bond acceptors (Lipinski definition) is 5. The molecule has 1 amide bonds. The first-order valence-electron chi connectivity index (χ1n) is 7.36. The van der Waals surface area contributed by atoms with Crippen molar-refractivity contribution in [3.63, 3.8) is 0 Å². The zero-order valence-corrected chi connectivity index (χ0v) is 14.0. The van der Waals surface area contributed by atoms with Crippen molar-refractivity contribution in [3.8, 4) is 17.2 Å². The maximum absolute atomic E-state index is 11.9. The van der Waals surface area contributed by atoms with Gasteiger partial charge in [-0.2, -0.15) is 0 Å². The van der Waals surface area contributed by atoms with E-state index >= 15 is 0 Å². The molecule has 3 aromatic rings. The summed E-state index contributed by atoms with van der Waals surface area (Å²) in [6, 6.07) is 14.3. The Morgan fingerprint density at radius 2 is 1.84 bits per heavy atom. The van der Waals surface area contributed by atoms with Crippen LogP contribution in [-0.4, -0.2) is 23.2 Å². The van der Waals surface area contributed by atoms with E-state index in [-0.39, 0.29) is 11.9 Å². The van der Waals surface area contributed by atoms with Crippen molar-refractivity contribution >= 4 is 29.6 Å². The van der Waals surface area contributed by atoms with Crippen molar-refractivity contribution in [2.24, 2.45) is 0 Å². The number of hydrogen-bond donors (Lipinski definition) is 1. The van der Waals surface area contributed by atoms with E-state index in [0.29, 0.717) is 16.5 Å². The quantitative estimate of drug-likeness (QED) is 0.698. The van der Waals surface area contributed by atoms with Gasteiger partial charge in [0.05, 0.1) is 7.11 Å². The number of halogens is 1. The molecule has 126 valence electrons. The predicted molar refractivity (Wildman–Crippen MR) is 95.4 cm³/mol. The number of amides is 1. The topological polar surface area (TPSA) is 77.2 Å². The van der Waals surface area contributed by atoms with E-state index < -0.39 is 0 Å². The second-order valence-electron chi connectivity index (χ2n) is 5.02. The summed E-state index contributed by atoms with van der Waals surface area (Å²) in [5.41, 5.74) is 1.58. The number of benzene rings is 2. The first kappa shape index (κ1) is 16.7. The average molecular weight is 356 g/mol. The Morgan fingerprint density at radius 1 is 1.12 bits per heavy atom. The Morgan fingerprint density at radius 3 is 2.52 bits per heavy atom. The monoisotopic (exact) mass is 355 g/mol. The maximum Gasteiger partial charge on any atom is 0.322 e. The number of nitrogens with zero attached hydrogens (tertiary/aromatic N) is 2. The van der Waals surface area contributed by atoms with Gasteiger partial charge in [-0.3, -0.25) is 10.1 Å². The van der Waals surface area contributed by atoms with Crippen LogP contribution < -0.4 is 10.1 Å². The molecule has 0 unspecified atom stereocenters. The van der Waals surface area contributed by atoms with E-state index in [1.807, 2.05) is 24.3 Å². The highest BCUT2D eigenvalue weighted by molar-refractivity contribution is 6.30. The molecular formula is C18H14ClN3O3. The molecule has 1 N–H and O–H groups in total. The normalized spacial score (nSPS) is 10.8. The van der Waals surface area contributed by atoms with Crippen LogP contribution in [0.25, 0.3) is 17.5 Å². The van der Waals surface area contributed by atoms with E-state index in [9.17, 15) is 4.79 Å². The molecule has 1 heterocycles. The highest BCUT2D eigenvalue weighted by atomic mass is 35.5. The molecule has 0 saturated heterocycles. The average Bonchev–Trinajstić information content (AvgIpc) is 3.09. The maximum atomic E-state index is 11.9. The van der Waals surface area contributed by atoms with Crippen molar-refractivity contribution < 1.29 is 13.9 Å². The number of rotatable bonds is 5. The van der Waals surface area contributed by atoms with Crippen molar-refractivity contribution in [1.82, 2.24) is 10.2 Å². The van der Waals surface area contributed by atoms with Crippen LogP contribution in [-0.2, 0) is 4.79 Å². The van der Waals surface area contributed by atoms with Crippen LogP contribution in [0.15, 0.2) is 59.0 Å². The Kier molecular flexibility index (Phi) is 5.11. The van der Waals surface area contributed by atoms with Gasteiger partial charge in [0, 0.05) is 16.7 Å². The van der Waals surface area contributed by atoms with E-state index in [0.717, 1.165) is 11.3 Å². The number of methoxy groups -OCH3 is 1. The fourth-order valence-electron chi connectivity index (χ4n) is 2.02. The molecule has 3 rings (SSSR count). The molecule has 2 aromatic carbocycles. The molecule has 0 bridgehead atoms. The lowest BCUT2D eigenvalue weighted by Gasteiger charge is -1.99. The minimum atomic E-state index is -0.373. The lowest BCUT2D eigenvalue weighted by molar-refractivity contribution is -0.112. The number of carbonyl (C=O) groups excluding carboxylic acids is 1. The lowest BCUT2D eigenvalue weighted by Crippen LogP contribution is -2.07. The van der Waals surface area contributed by atoms with Gasteiger partial charge in [-0.25, -0.2) is 0 Å². The number of ether oxygens (including phenoxy) is 1. The summed E-state index contributed by atoms with van der Waals surface area (Å²) in [6.45, 7) is 0. The highest BCUT2D eigenvalue weighted by Crippen LogP contribution is 2.21. The molecule has 1 aromatic heterocycles. The number of aromatic nitrogens is 2. The number of anilines is 1. The summed E-state index contributed by atoms with van der Waals surface area (Å²) in [7, 11) is 1.60. The van der Waals surface area contributed by atoms with Gasteiger partial charge >= 0.3 is 6.01 Å². The SMILES string of the molecule is COc1ccc(/C=C/C(=O)Nc2nnc(-c3ccc(Cl)cc3)o2)cc1. The summed E-state index contributed by atoms with van der Waals surface area (Å²) < 4.78 is 10.5. The van der Waals surface area contributed by atoms with Gasteiger partial charge < -0.3 is 9.15 Å². The van der Waals surface area contributed by atoms with E-state index in [1.54, 1.807) is 37.5 Å². The Bertz CT molecular complexity index is 887. The molecular weight excluding hydrogens is 342 g/mol. The predicted octanol–water partition coefficient (Wildman–Crippen LogP) is 4.05. The second-order valence-corrected chi connectivity index (χ2v) is 5.45. The van der Waals surface area contributed by atoms with Crippen LogP contribution in [0.5, 0.6) is 5.75 Å². The Labute approximate surface area is 149 Å². The highest BCUT2D eigenvalue weighted by Gasteiger charge is 2.09. The minimum absolute atomic E-state index is 0.0225. The molecule has 0 saturated carbocycles. The summed E-state index contributed by atoms with van der Waals surface area (Å²) in [6.07, 6.45) is 3.05. The minimum Gasteiger partial charge on any atom is -0.497 e. The molecule has 7 heteroatoms. The third-order valence-electron chi connectivity index (χ3n) is 3.29. The second kappa shape index (κ2) is 7.63. The van der Waals surface area contributed by atoms with Crippen LogP contribution >= 0.6 is 11.6 Å². The van der Waals surface area contributed by atoms with E-state index in [2.05, 4.69) is 15.5 Å². The van der Waals surface area contributed by atoms with Crippen LogP contribution in [0.3, 0.4) is 0 Å². The smallest absolute Gasteiger partial charge is 0.322 e. The lowest BCUT2D eigenvalue weighted by atomic mass is 10.2. The van der Waals surface area contributed by atoms with Crippen LogP contribution in [0.1, 0.15) is 5.56 Å². The van der Waals surface area contributed by atoms with Crippen molar-refractivity contribution in [1.29, 1.82) is 0 Å². The van der Waals surface area contributed by atoms with Crippen LogP contribution in [0.2, 0.25) is 5.02 Å². The number of nitrogens with one attached hydrogen (secondary N) is 1. The van der Waals surface area contributed by atoms with Crippen molar-refractivity contribution in [2.75, 3.05) is 12.4 Å².